The van der Waals surface area contributed by atoms with E-state index in [-0.39, 0.29) is 5.63 Å². The van der Waals surface area contributed by atoms with E-state index in [1.165, 1.54) is 0 Å². The zero-order valence-corrected chi connectivity index (χ0v) is 9.78. The molecular weight excluding hydrogens is 212 g/mol. The molecule has 3 aromatic rings. The zero-order valence-electron chi connectivity index (χ0n) is 9.78. The van der Waals surface area contributed by atoms with Gasteiger partial charge in [0.1, 0.15) is 5.58 Å². The van der Waals surface area contributed by atoms with Crippen molar-refractivity contribution in [2.75, 3.05) is 0 Å². The van der Waals surface area contributed by atoms with E-state index < -0.39 is 0 Å². The molecule has 0 atom stereocenters. The minimum absolute atomic E-state index is 0.266. The van der Waals surface area contributed by atoms with Crippen LogP contribution in [0.4, 0.5) is 0 Å². The lowest BCUT2D eigenvalue weighted by Crippen LogP contribution is -2.00. The van der Waals surface area contributed by atoms with Crippen LogP contribution >= 0.6 is 0 Å². The molecule has 0 unspecified atom stereocenters. The second-order valence-corrected chi connectivity index (χ2v) is 4.39. The Balaban J connectivity index is 2.69. The maximum atomic E-state index is 11.8. The van der Waals surface area contributed by atoms with Gasteiger partial charge in [0.25, 0.3) is 0 Å². The lowest BCUT2D eigenvalue weighted by atomic mass is 10.0. The Kier molecular flexibility index (Phi) is 2.05. The monoisotopic (exact) mass is 224 g/mol. The molecule has 0 fully saturated rings. The molecule has 0 saturated carbocycles. The van der Waals surface area contributed by atoms with Crippen LogP contribution in [0, 0.1) is 13.8 Å². The molecule has 0 aliphatic heterocycles. The highest BCUT2D eigenvalue weighted by Gasteiger charge is 2.08. The summed E-state index contributed by atoms with van der Waals surface area (Å²) >= 11 is 0. The smallest absolute Gasteiger partial charge is 0.344 e. The van der Waals surface area contributed by atoms with E-state index in [1.54, 1.807) is 6.07 Å². The number of hydrogen-bond acceptors (Lipinski definition) is 2. The summed E-state index contributed by atoms with van der Waals surface area (Å²) in [4.78, 5) is 11.8. The molecule has 84 valence electrons. The summed E-state index contributed by atoms with van der Waals surface area (Å²) in [5.41, 5.74) is 2.65. The van der Waals surface area contributed by atoms with Crippen LogP contribution in [-0.4, -0.2) is 0 Å². The van der Waals surface area contributed by atoms with E-state index in [0.717, 1.165) is 21.9 Å². The van der Waals surface area contributed by atoms with Crippen molar-refractivity contribution in [1.82, 2.24) is 0 Å². The van der Waals surface area contributed by atoms with E-state index in [4.69, 9.17) is 4.42 Å². The molecule has 0 N–H and O–H groups in total. The van der Waals surface area contributed by atoms with Crippen molar-refractivity contribution in [3.05, 3.63) is 57.9 Å². The van der Waals surface area contributed by atoms with Crippen LogP contribution in [0.15, 0.2) is 45.6 Å². The molecule has 2 heteroatoms. The first-order chi connectivity index (χ1) is 8.16. The highest BCUT2D eigenvalue weighted by molar-refractivity contribution is 6.06. The van der Waals surface area contributed by atoms with Crippen LogP contribution < -0.4 is 5.63 Å². The van der Waals surface area contributed by atoms with Crippen molar-refractivity contribution in [2.45, 2.75) is 13.8 Å². The van der Waals surface area contributed by atoms with Crippen LogP contribution in [0.25, 0.3) is 21.7 Å². The van der Waals surface area contributed by atoms with Gasteiger partial charge in [-0.25, -0.2) is 4.79 Å². The SMILES string of the molecule is Cc1cc(C)c2c(c1)oc(=O)c1ccccc12. The van der Waals surface area contributed by atoms with Gasteiger partial charge in [-0.05, 0) is 37.1 Å². The quantitative estimate of drug-likeness (QED) is 0.431. The van der Waals surface area contributed by atoms with Crippen molar-refractivity contribution < 1.29 is 4.42 Å². The van der Waals surface area contributed by atoms with Crippen LogP contribution in [-0.2, 0) is 0 Å². The molecule has 0 amide bonds. The second kappa shape index (κ2) is 3.45. The summed E-state index contributed by atoms with van der Waals surface area (Å²) in [7, 11) is 0. The van der Waals surface area contributed by atoms with Crippen LogP contribution in [0.1, 0.15) is 11.1 Å². The van der Waals surface area contributed by atoms with Gasteiger partial charge in [-0.3, -0.25) is 0 Å². The Labute approximate surface area is 98.5 Å². The van der Waals surface area contributed by atoms with Gasteiger partial charge in [0.15, 0.2) is 0 Å². The lowest BCUT2D eigenvalue weighted by molar-refractivity contribution is 0.569. The van der Waals surface area contributed by atoms with E-state index in [0.29, 0.717) is 11.0 Å². The van der Waals surface area contributed by atoms with Gasteiger partial charge < -0.3 is 4.42 Å². The Morgan fingerprint density at radius 1 is 1.00 bits per heavy atom. The molecule has 2 aromatic carbocycles. The number of fused-ring (bicyclic) bond motifs is 3. The Hall–Kier alpha value is -2.09. The molecule has 2 nitrogen and oxygen atoms in total. The predicted octanol–water partition coefficient (Wildman–Crippen LogP) is 3.56. The fraction of sp³-hybridized carbons (Fsp3) is 0.133. The fourth-order valence-corrected chi connectivity index (χ4v) is 2.39. The van der Waals surface area contributed by atoms with E-state index in [2.05, 4.69) is 6.07 Å². The first kappa shape index (κ1) is 10.1. The number of hydrogen-bond donors (Lipinski definition) is 0. The summed E-state index contributed by atoms with van der Waals surface area (Å²) < 4.78 is 5.38. The maximum absolute atomic E-state index is 11.8. The first-order valence-corrected chi connectivity index (χ1v) is 5.59. The van der Waals surface area contributed by atoms with E-state index in [1.807, 2.05) is 38.1 Å². The second-order valence-electron chi connectivity index (χ2n) is 4.39. The van der Waals surface area contributed by atoms with Gasteiger partial charge in [-0.15, -0.1) is 0 Å². The van der Waals surface area contributed by atoms with Crippen LogP contribution in [0.2, 0.25) is 0 Å². The molecule has 0 saturated heterocycles. The average molecular weight is 224 g/mol. The van der Waals surface area contributed by atoms with Gasteiger partial charge in [0, 0.05) is 10.8 Å². The van der Waals surface area contributed by atoms with Crippen LogP contribution in [0.5, 0.6) is 0 Å². The van der Waals surface area contributed by atoms with E-state index >= 15 is 0 Å². The lowest BCUT2D eigenvalue weighted by Gasteiger charge is -2.06. The van der Waals surface area contributed by atoms with Crippen molar-refractivity contribution in [1.29, 1.82) is 0 Å². The third-order valence-electron chi connectivity index (χ3n) is 3.06. The van der Waals surface area contributed by atoms with Crippen molar-refractivity contribution in [2.24, 2.45) is 0 Å². The summed E-state index contributed by atoms with van der Waals surface area (Å²) in [6.07, 6.45) is 0. The minimum Gasteiger partial charge on any atom is -0.422 e. The topological polar surface area (TPSA) is 30.2 Å². The predicted molar refractivity (Wildman–Crippen MR) is 69.5 cm³/mol. The Morgan fingerprint density at radius 3 is 2.47 bits per heavy atom. The molecule has 0 spiro atoms. The third-order valence-corrected chi connectivity index (χ3v) is 3.06. The largest absolute Gasteiger partial charge is 0.422 e. The maximum Gasteiger partial charge on any atom is 0.344 e. The normalized spacial score (nSPS) is 11.2. The molecule has 0 aliphatic rings. The summed E-state index contributed by atoms with van der Waals surface area (Å²) in [5, 5.41) is 2.65. The minimum atomic E-state index is -0.266. The Morgan fingerprint density at radius 2 is 1.71 bits per heavy atom. The highest BCUT2D eigenvalue weighted by Crippen LogP contribution is 2.26. The molecule has 3 rings (SSSR count). The summed E-state index contributed by atoms with van der Waals surface area (Å²) in [6, 6.07) is 11.6. The number of benzene rings is 2. The summed E-state index contributed by atoms with van der Waals surface area (Å²) in [5.74, 6) is 0. The molecule has 0 bridgehead atoms. The first-order valence-electron chi connectivity index (χ1n) is 5.59. The molecule has 1 heterocycles. The van der Waals surface area contributed by atoms with Gasteiger partial charge in [-0.1, -0.05) is 24.3 Å². The molecular formula is C15H12O2. The fourth-order valence-electron chi connectivity index (χ4n) is 2.39. The number of aryl methyl sites for hydroxylation is 2. The summed E-state index contributed by atoms with van der Waals surface area (Å²) in [6.45, 7) is 4.05. The number of rotatable bonds is 0. The molecule has 1 aromatic heterocycles. The Bertz CT molecular complexity index is 782. The molecule has 0 aliphatic carbocycles. The van der Waals surface area contributed by atoms with Gasteiger partial charge in [0.2, 0.25) is 0 Å². The standard InChI is InChI=1S/C15H12O2/c1-9-7-10(2)14-11-5-3-4-6-12(11)15(16)17-13(14)8-9/h3-8H,1-2H3. The van der Waals surface area contributed by atoms with Gasteiger partial charge in [0.05, 0.1) is 5.39 Å². The average Bonchev–Trinajstić information content (AvgIpc) is 2.28. The van der Waals surface area contributed by atoms with E-state index in [9.17, 15) is 4.79 Å². The van der Waals surface area contributed by atoms with Crippen LogP contribution in [0.3, 0.4) is 0 Å². The zero-order chi connectivity index (χ0) is 12.0. The third kappa shape index (κ3) is 1.45. The molecule has 0 radical (unpaired) electrons. The van der Waals surface area contributed by atoms with Gasteiger partial charge >= 0.3 is 5.63 Å². The van der Waals surface area contributed by atoms with Crippen molar-refractivity contribution in [3.8, 4) is 0 Å². The highest BCUT2D eigenvalue weighted by atomic mass is 16.4. The van der Waals surface area contributed by atoms with Crippen molar-refractivity contribution >= 4 is 21.7 Å². The van der Waals surface area contributed by atoms with Crippen molar-refractivity contribution in [3.63, 3.8) is 0 Å². The molecule has 17 heavy (non-hydrogen) atoms. The van der Waals surface area contributed by atoms with Gasteiger partial charge in [-0.2, -0.15) is 0 Å².